The molecule has 0 radical (unpaired) electrons. The monoisotopic (exact) mass is 425 g/mol. The average Bonchev–Trinajstić information content (AvgIpc) is 2.79. The maximum absolute atomic E-state index is 13.0. The normalized spacial score (nSPS) is 17.8. The molecule has 2 saturated heterocycles. The molecule has 0 unspecified atom stereocenters. The van der Waals surface area contributed by atoms with Gasteiger partial charge >= 0.3 is 0 Å². The van der Waals surface area contributed by atoms with Gasteiger partial charge in [0.05, 0.1) is 6.42 Å². The van der Waals surface area contributed by atoms with Crippen molar-refractivity contribution in [3.05, 3.63) is 65.2 Å². The van der Waals surface area contributed by atoms with Crippen LogP contribution in [0.3, 0.4) is 0 Å². The fraction of sp³-hybridized carbons (Fsp3) is 0.417. The zero-order valence-corrected chi connectivity index (χ0v) is 17.9. The van der Waals surface area contributed by atoms with Gasteiger partial charge in [0.1, 0.15) is 0 Å². The highest BCUT2D eigenvalue weighted by Crippen LogP contribution is 2.24. The van der Waals surface area contributed by atoms with Crippen LogP contribution in [0.25, 0.3) is 0 Å². The third-order valence-corrected chi connectivity index (χ3v) is 6.39. The molecule has 2 fully saturated rings. The number of piperidine rings is 1. The van der Waals surface area contributed by atoms with Crippen molar-refractivity contribution in [3.8, 4) is 0 Å². The van der Waals surface area contributed by atoms with Crippen molar-refractivity contribution in [2.45, 2.75) is 19.3 Å². The minimum absolute atomic E-state index is 0.0310. The number of rotatable bonds is 4. The first kappa shape index (κ1) is 20.7. The quantitative estimate of drug-likeness (QED) is 0.753. The highest BCUT2D eigenvalue weighted by molar-refractivity contribution is 6.30. The van der Waals surface area contributed by atoms with Crippen LogP contribution < -0.4 is 4.90 Å². The second-order valence-corrected chi connectivity index (χ2v) is 8.55. The topological polar surface area (TPSA) is 43.9 Å². The Hall–Kier alpha value is -2.53. The summed E-state index contributed by atoms with van der Waals surface area (Å²) in [4.78, 5) is 31.7. The SMILES string of the molecule is O=C(Cc1ccccc1)N1CCC(C(=O)N2CCN(c3cccc(Cl)c3)CC2)CC1. The minimum atomic E-state index is 0.0310. The lowest BCUT2D eigenvalue weighted by Gasteiger charge is -2.39. The van der Waals surface area contributed by atoms with Crippen LogP contribution in [0.5, 0.6) is 0 Å². The number of nitrogens with zero attached hydrogens (tertiary/aromatic N) is 3. The smallest absolute Gasteiger partial charge is 0.226 e. The van der Waals surface area contributed by atoms with E-state index in [2.05, 4.69) is 11.0 Å². The molecule has 2 aromatic rings. The Morgan fingerprint density at radius 1 is 0.833 bits per heavy atom. The van der Waals surface area contributed by atoms with Gasteiger partial charge in [-0.25, -0.2) is 0 Å². The maximum atomic E-state index is 13.0. The van der Waals surface area contributed by atoms with E-state index in [9.17, 15) is 9.59 Å². The molecule has 0 bridgehead atoms. The fourth-order valence-corrected chi connectivity index (χ4v) is 4.56. The van der Waals surface area contributed by atoms with Crippen molar-refractivity contribution in [1.82, 2.24) is 9.80 Å². The van der Waals surface area contributed by atoms with Gasteiger partial charge in [-0.3, -0.25) is 9.59 Å². The summed E-state index contributed by atoms with van der Waals surface area (Å²) in [6, 6.07) is 17.7. The number of halogens is 1. The summed E-state index contributed by atoms with van der Waals surface area (Å²) in [5.74, 6) is 0.432. The molecule has 6 heteroatoms. The first-order chi connectivity index (χ1) is 14.6. The number of piperazine rings is 1. The van der Waals surface area contributed by atoms with E-state index < -0.39 is 0 Å². The van der Waals surface area contributed by atoms with Gasteiger partial charge in [-0.15, -0.1) is 0 Å². The second kappa shape index (κ2) is 9.52. The first-order valence-electron chi connectivity index (χ1n) is 10.7. The van der Waals surface area contributed by atoms with E-state index in [-0.39, 0.29) is 17.7 Å². The summed E-state index contributed by atoms with van der Waals surface area (Å²) in [5, 5.41) is 0.736. The number of carbonyl (C=O) groups is 2. The zero-order chi connectivity index (χ0) is 20.9. The molecule has 5 nitrogen and oxygen atoms in total. The van der Waals surface area contributed by atoms with E-state index in [0.717, 1.165) is 55.3 Å². The molecule has 2 aliphatic heterocycles. The average molecular weight is 426 g/mol. The summed E-state index contributed by atoms with van der Waals surface area (Å²) in [6.07, 6.45) is 1.95. The van der Waals surface area contributed by atoms with Gasteiger partial charge in [0.15, 0.2) is 0 Å². The Labute approximate surface area is 183 Å². The number of amides is 2. The third kappa shape index (κ3) is 4.96. The van der Waals surface area contributed by atoms with E-state index in [0.29, 0.717) is 19.5 Å². The van der Waals surface area contributed by atoms with Crippen molar-refractivity contribution in [2.75, 3.05) is 44.2 Å². The number of likely N-dealkylation sites (tertiary alicyclic amines) is 1. The number of carbonyl (C=O) groups excluding carboxylic acids is 2. The van der Waals surface area contributed by atoms with E-state index in [1.54, 1.807) is 0 Å². The molecule has 2 heterocycles. The van der Waals surface area contributed by atoms with Crippen LogP contribution in [0.1, 0.15) is 18.4 Å². The van der Waals surface area contributed by atoms with E-state index in [4.69, 9.17) is 11.6 Å². The van der Waals surface area contributed by atoms with Crippen LogP contribution in [0.4, 0.5) is 5.69 Å². The van der Waals surface area contributed by atoms with Crippen LogP contribution in [0.2, 0.25) is 5.02 Å². The standard InChI is InChI=1S/C24H28ClN3O2/c25-21-7-4-8-22(18-21)26-13-15-28(16-14-26)24(30)20-9-11-27(12-10-20)23(29)17-19-5-2-1-3-6-19/h1-8,18,20H,9-17H2. The molecule has 30 heavy (non-hydrogen) atoms. The lowest BCUT2D eigenvalue weighted by molar-refractivity contribution is -0.140. The summed E-state index contributed by atoms with van der Waals surface area (Å²) < 4.78 is 0. The van der Waals surface area contributed by atoms with Crippen molar-refractivity contribution >= 4 is 29.1 Å². The van der Waals surface area contributed by atoms with Crippen molar-refractivity contribution in [1.29, 1.82) is 0 Å². The van der Waals surface area contributed by atoms with Gasteiger partial charge in [0.25, 0.3) is 0 Å². The van der Waals surface area contributed by atoms with Gasteiger partial charge in [0, 0.05) is 55.9 Å². The van der Waals surface area contributed by atoms with E-state index in [1.165, 1.54) is 0 Å². The molecule has 0 aromatic heterocycles. The molecule has 0 spiro atoms. The first-order valence-corrected chi connectivity index (χ1v) is 11.1. The molecule has 0 N–H and O–H groups in total. The molecule has 0 aliphatic carbocycles. The summed E-state index contributed by atoms with van der Waals surface area (Å²) in [5.41, 5.74) is 2.15. The van der Waals surface area contributed by atoms with Crippen molar-refractivity contribution < 1.29 is 9.59 Å². The van der Waals surface area contributed by atoms with Crippen LogP contribution in [-0.2, 0) is 16.0 Å². The lowest BCUT2D eigenvalue weighted by atomic mass is 9.94. The van der Waals surface area contributed by atoms with E-state index >= 15 is 0 Å². The zero-order valence-electron chi connectivity index (χ0n) is 17.2. The summed E-state index contributed by atoms with van der Waals surface area (Å²) in [7, 11) is 0. The number of hydrogen-bond acceptors (Lipinski definition) is 3. The number of hydrogen-bond donors (Lipinski definition) is 0. The predicted octanol–water partition coefficient (Wildman–Crippen LogP) is 3.47. The molecule has 4 rings (SSSR count). The number of anilines is 1. The van der Waals surface area contributed by atoms with Gasteiger partial charge in [-0.2, -0.15) is 0 Å². The molecule has 0 atom stereocenters. The van der Waals surface area contributed by atoms with Crippen LogP contribution in [0.15, 0.2) is 54.6 Å². The van der Waals surface area contributed by atoms with Gasteiger partial charge in [-0.1, -0.05) is 48.0 Å². The van der Waals surface area contributed by atoms with Crippen molar-refractivity contribution in [2.24, 2.45) is 5.92 Å². The van der Waals surface area contributed by atoms with Crippen LogP contribution in [-0.4, -0.2) is 60.9 Å². The van der Waals surface area contributed by atoms with Crippen molar-refractivity contribution in [3.63, 3.8) is 0 Å². The molecule has 0 saturated carbocycles. The largest absolute Gasteiger partial charge is 0.368 e. The molecular formula is C24H28ClN3O2. The summed E-state index contributed by atoms with van der Waals surface area (Å²) in [6.45, 7) is 4.45. The predicted molar refractivity (Wildman–Crippen MR) is 120 cm³/mol. The Morgan fingerprint density at radius 3 is 2.20 bits per heavy atom. The molecule has 2 aliphatic rings. The van der Waals surface area contributed by atoms with Gasteiger partial charge < -0.3 is 14.7 Å². The Bertz CT molecular complexity index is 873. The highest BCUT2D eigenvalue weighted by atomic mass is 35.5. The second-order valence-electron chi connectivity index (χ2n) is 8.11. The molecule has 158 valence electrons. The third-order valence-electron chi connectivity index (χ3n) is 6.16. The van der Waals surface area contributed by atoms with Crippen LogP contribution >= 0.6 is 11.6 Å². The lowest BCUT2D eigenvalue weighted by Crippen LogP contribution is -2.52. The van der Waals surface area contributed by atoms with Gasteiger partial charge in [-0.05, 0) is 36.6 Å². The summed E-state index contributed by atoms with van der Waals surface area (Å²) >= 11 is 6.10. The maximum Gasteiger partial charge on any atom is 0.226 e. The minimum Gasteiger partial charge on any atom is -0.368 e. The fourth-order valence-electron chi connectivity index (χ4n) is 4.37. The van der Waals surface area contributed by atoms with Crippen LogP contribution in [0, 0.1) is 5.92 Å². The Morgan fingerprint density at radius 2 is 1.53 bits per heavy atom. The molecule has 2 aromatic carbocycles. The molecule has 2 amide bonds. The highest BCUT2D eigenvalue weighted by Gasteiger charge is 2.31. The Kier molecular flexibility index (Phi) is 6.58. The number of benzene rings is 2. The Balaban J connectivity index is 1.24. The molecular weight excluding hydrogens is 398 g/mol. The van der Waals surface area contributed by atoms with E-state index in [1.807, 2.05) is 58.3 Å². The van der Waals surface area contributed by atoms with Gasteiger partial charge in [0.2, 0.25) is 11.8 Å².